The second-order valence-corrected chi connectivity index (χ2v) is 6.45. The van der Waals surface area contributed by atoms with Gasteiger partial charge in [0.2, 0.25) is 0 Å². The van der Waals surface area contributed by atoms with Crippen LogP contribution >= 0.6 is 27.5 Å². The van der Waals surface area contributed by atoms with Crippen molar-refractivity contribution < 1.29 is 4.74 Å². The number of rotatable bonds is 4. The molecule has 3 heteroatoms. The minimum absolute atomic E-state index is 0.152. The molecule has 0 saturated carbocycles. The summed E-state index contributed by atoms with van der Waals surface area (Å²) < 4.78 is 6.69. The van der Waals surface area contributed by atoms with Crippen LogP contribution in [0, 0.1) is 6.92 Å². The molecule has 0 aliphatic rings. The molecular formula is C17H18BrClO. The summed E-state index contributed by atoms with van der Waals surface area (Å²) in [7, 11) is 0. The molecule has 0 aliphatic carbocycles. The Morgan fingerprint density at radius 3 is 2.30 bits per heavy atom. The molecule has 1 unspecified atom stereocenters. The first-order chi connectivity index (χ1) is 9.47. The predicted molar refractivity (Wildman–Crippen MR) is 88.8 cm³/mol. The van der Waals surface area contributed by atoms with E-state index >= 15 is 0 Å². The number of aryl methyl sites for hydroxylation is 1. The zero-order valence-electron chi connectivity index (χ0n) is 11.9. The third kappa shape index (κ3) is 3.77. The first kappa shape index (κ1) is 15.4. The summed E-state index contributed by atoms with van der Waals surface area (Å²) >= 11 is 10.1. The SMILES string of the molecule is Cc1ccc(Br)cc1C(Cl)c1ccc(OC(C)C)cc1. The highest BCUT2D eigenvalue weighted by Crippen LogP contribution is 2.33. The Hall–Kier alpha value is -0.990. The minimum atomic E-state index is -0.152. The third-order valence-corrected chi connectivity index (χ3v) is 4.04. The maximum absolute atomic E-state index is 6.61. The van der Waals surface area contributed by atoms with Gasteiger partial charge >= 0.3 is 0 Å². The molecule has 0 radical (unpaired) electrons. The molecule has 0 aromatic heterocycles. The lowest BCUT2D eigenvalue weighted by Crippen LogP contribution is -2.05. The van der Waals surface area contributed by atoms with E-state index < -0.39 is 0 Å². The summed E-state index contributed by atoms with van der Waals surface area (Å²) in [6.07, 6.45) is 0.181. The first-order valence-corrected chi connectivity index (χ1v) is 7.87. The van der Waals surface area contributed by atoms with E-state index in [-0.39, 0.29) is 11.5 Å². The van der Waals surface area contributed by atoms with Gasteiger partial charge in [-0.1, -0.05) is 34.1 Å². The van der Waals surface area contributed by atoms with E-state index in [0.717, 1.165) is 21.3 Å². The second kappa shape index (κ2) is 6.64. The highest BCUT2D eigenvalue weighted by atomic mass is 79.9. The number of alkyl halides is 1. The van der Waals surface area contributed by atoms with Crippen molar-refractivity contribution in [1.82, 2.24) is 0 Å². The van der Waals surface area contributed by atoms with Crippen molar-refractivity contribution >= 4 is 27.5 Å². The van der Waals surface area contributed by atoms with Crippen molar-refractivity contribution in [3.8, 4) is 5.75 Å². The van der Waals surface area contributed by atoms with Gasteiger partial charge < -0.3 is 4.74 Å². The Kier molecular flexibility index (Phi) is 5.11. The Balaban J connectivity index is 2.24. The zero-order chi connectivity index (χ0) is 14.7. The molecule has 0 saturated heterocycles. The van der Waals surface area contributed by atoms with Crippen LogP contribution in [0.2, 0.25) is 0 Å². The van der Waals surface area contributed by atoms with Crippen LogP contribution in [0.1, 0.15) is 35.9 Å². The fourth-order valence-corrected chi connectivity index (χ4v) is 2.81. The summed E-state index contributed by atoms with van der Waals surface area (Å²) in [4.78, 5) is 0. The largest absolute Gasteiger partial charge is 0.491 e. The maximum Gasteiger partial charge on any atom is 0.119 e. The van der Waals surface area contributed by atoms with Gasteiger partial charge in [0.05, 0.1) is 11.5 Å². The molecule has 106 valence electrons. The quantitative estimate of drug-likeness (QED) is 0.624. The summed E-state index contributed by atoms with van der Waals surface area (Å²) in [5.41, 5.74) is 3.39. The molecule has 0 bridgehead atoms. The van der Waals surface area contributed by atoms with Crippen molar-refractivity contribution in [1.29, 1.82) is 0 Å². The van der Waals surface area contributed by atoms with Crippen LogP contribution < -0.4 is 4.74 Å². The van der Waals surface area contributed by atoms with E-state index in [9.17, 15) is 0 Å². The van der Waals surface area contributed by atoms with Crippen molar-refractivity contribution in [3.05, 3.63) is 63.6 Å². The van der Waals surface area contributed by atoms with Gasteiger partial charge in [0.1, 0.15) is 5.75 Å². The van der Waals surface area contributed by atoms with E-state index in [2.05, 4.69) is 35.0 Å². The van der Waals surface area contributed by atoms with E-state index in [1.54, 1.807) is 0 Å². The van der Waals surface area contributed by atoms with Crippen LogP contribution in [-0.2, 0) is 0 Å². The molecule has 1 nitrogen and oxygen atoms in total. The molecule has 0 fully saturated rings. The molecule has 20 heavy (non-hydrogen) atoms. The number of hydrogen-bond donors (Lipinski definition) is 0. The van der Waals surface area contributed by atoms with E-state index in [4.69, 9.17) is 16.3 Å². The minimum Gasteiger partial charge on any atom is -0.491 e. The molecule has 0 amide bonds. The molecule has 2 aromatic rings. The van der Waals surface area contributed by atoms with Crippen LogP contribution in [-0.4, -0.2) is 6.10 Å². The average Bonchev–Trinajstić information content (AvgIpc) is 2.41. The highest BCUT2D eigenvalue weighted by Gasteiger charge is 2.13. The van der Waals surface area contributed by atoms with E-state index in [1.807, 2.05) is 44.2 Å². The number of halogens is 2. The standard InChI is InChI=1S/C17H18BrClO/c1-11(2)20-15-8-5-13(6-9-15)17(19)16-10-14(18)7-4-12(16)3/h4-11,17H,1-3H3. The average molecular weight is 354 g/mol. The van der Waals surface area contributed by atoms with Crippen LogP contribution in [0.5, 0.6) is 5.75 Å². The summed E-state index contributed by atoms with van der Waals surface area (Å²) in [5.74, 6) is 0.874. The lowest BCUT2D eigenvalue weighted by molar-refractivity contribution is 0.242. The lowest BCUT2D eigenvalue weighted by Gasteiger charge is -2.15. The van der Waals surface area contributed by atoms with Gasteiger partial charge in [-0.15, -0.1) is 11.6 Å². The van der Waals surface area contributed by atoms with Crippen molar-refractivity contribution in [3.63, 3.8) is 0 Å². The fraction of sp³-hybridized carbons (Fsp3) is 0.294. The maximum atomic E-state index is 6.61. The molecule has 2 aromatic carbocycles. The lowest BCUT2D eigenvalue weighted by atomic mass is 10.00. The van der Waals surface area contributed by atoms with Gasteiger partial charge in [-0.3, -0.25) is 0 Å². The highest BCUT2D eigenvalue weighted by molar-refractivity contribution is 9.10. The van der Waals surface area contributed by atoms with Crippen LogP contribution in [0.25, 0.3) is 0 Å². The third-order valence-electron chi connectivity index (χ3n) is 3.06. The monoisotopic (exact) mass is 352 g/mol. The van der Waals surface area contributed by atoms with Crippen LogP contribution in [0.15, 0.2) is 46.9 Å². The zero-order valence-corrected chi connectivity index (χ0v) is 14.2. The molecule has 2 rings (SSSR count). The number of ether oxygens (including phenoxy) is 1. The number of hydrogen-bond acceptors (Lipinski definition) is 1. The Morgan fingerprint density at radius 2 is 1.70 bits per heavy atom. The first-order valence-electron chi connectivity index (χ1n) is 6.64. The molecule has 0 N–H and O–H groups in total. The Labute approximate surface area is 134 Å². The smallest absolute Gasteiger partial charge is 0.119 e. The fourth-order valence-electron chi connectivity index (χ4n) is 2.05. The molecule has 1 atom stereocenters. The van der Waals surface area contributed by atoms with Gasteiger partial charge in [0.15, 0.2) is 0 Å². The van der Waals surface area contributed by atoms with E-state index in [1.165, 1.54) is 5.56 Å². The van der Waals surface area contributed by atoms with Gasteiger partial charge in [0.25, 0.3) is 0 Å². The van der Waals surface area contributed by atoms with Gasteiger partial charge in [-0.2, -0.15) is 0 Å². The predicted octanol–water partition coefficient (Wildman–Crippen LogP) is 5.87. The van der Waals surface area contributed by atoms with Crippen LogP contribution in [0.3, 0.4) is 0 Å². The van der Waals surface area contributed by atoms with Crippen LogP contribution in [0.4, 0.5) is 0 Å². The summed E-state index contributed by atoms with van der Waals surface area (Å²) in [6, 6.07) is 14.2. The second-order valence-electron chi connectivity index (χ2n) is 5.10. The molecule has 0 heterocycles. The Bertz CT molecular complexity index is 578. The van der Waals surface area contributed by atoms with Gasteiger partial charge in [0, 0.05) is 4.47 Å². The molecule has 0 spiro atoms. The number of benzene rings is 2. The molecule has 0 aliphatic heterocycles. The van der Waals surface area contributed by atoms with Gasteiger partial charge in [-0.25, -0.2) is 0 Å². The topological polar surface area (TPSA) is 9.23 Å². The summed E-state index contributed by atoms with van der Waals surface area (Å²) in [6.45, 7) is 6.11. The van der Waals surface area contributed by atoms with E-state index in [0.29, 0.717) is 0 Å². The summed E-state index contributed by atoms with van der Waals surface area (Å²) in [5, 5.41) is -0.152. The normalized spacial score (nSPS) is 12.5. The Morgan fingerprint density at radius 1 is 1.05 bits per heavy atom. The van der Waals surface area contributed by atoms with Crippen molar-refractivity contribution in [2.75, 3.05) is 0 Å². The van der Waals surface area contributed by atoms with Crippen molar-refractivity contribution in [2.45, 2.75) is 32.3 Å². The van der Waals surface area contributed by atoms with Crippen molar-refractivity contribution in [2.24, 2.45) is 0 Å². The van der Waals surface area contributed by atoms with Gasteiger partial charge in [-0.05, 0) is 61.7 Å². The molecular weight excluding hydrogens is 336 g/mol.